The maximum absolute atomic E-state index is 12.9. The first-order valence-corrected chi connectivity index (χ1v) is 17.6. The maximum atomic E-state index is 12.9. The molecule has 278 valence electrons. The number of piperidine rings is 2. The SMILES string of the molecule is COc1ccc(OC)c(C[N+]2(C)C3CCC2CC(OC(=O)CCC(=O)OC2CC4CCC(C2)[N+]4(C)Cc2cc(OC)ccc2OC)C3)c1.[Br-].[Br-]. The number of methoxy groups -OCH3 is 4. The molecule has 0 spiro atoms. The molecular weight excluding hydrogens is 772 g/mol. The van der Waals surface area contributed by atoms with E-state index in [1.54, 1.807) is 28.4 Å². The average Bonchev–Trinajstić information content (AvgIpc) is 3.31. The molecule has 50 heavy (non-hydrogen) atoms. The van der Waals surface area contributed by atoms with Crippen LogP contribution in [0.2, 0.25) is 0 Å². The molecule has 4 heterocycles. The second-order valence-electron chi connectivity index (χ2n) is 14.8. The van der Waals surface area contributed by atoms with E-state index in [1.165, 1.54) is 0 Å². The molecule has 4 aliphatic rings. The van der Waals surface area contributed by atoms with Crippen LogP contribution in [-0.4, -0.2) is 99.8 Å². The fourth-order valence-electron chi connectivity index (χ4n) is 9.53. The van der Waals surface area contributed by atoms with Crippen molar-refractivity contribution in [2.24, 2.45) is 0 Å². The van der Waals surface area contributed by atoms with E-state index in [-0.39, 0.29) is 71.0 Å². The first kappa shape index (κ1) is 40.2. The molecule has 6 rings (SSSR count). The number of rotatable bonds is 13. The minimum atomic E-state index is -0.304. The van der Waals surface area contributed by atoms with E-state index in [9.17, 15) is 9.59 Å². The van der Waals surface area contributed by atoms with Crippen molar-refractivity contribution in [2.45, 2.75) is 114 Å². The Morgan fingerprint density at radius 2 is 0.920 bits per heavy atom. The highest BCUT2D eigenvalue weighted by atomic mass is 79.9. The fraction of sp³-hybridized carbons (Fsp3) is 0.632. The van der Waals surface area contributed by atoms with Crippen molar-refractivity contribution in [2.75, 3.05) is 42.5 Å². The van der Waals surface area contributed by atoms with Crippen LogP contribution in [0.15, 0.2) is 36.4 Å². The second-order valence-corrected chi connectivity index (χ2v) is 14.8. The third kappa shape index (κ3) is 8.24. The van der Waals surface area contributed by atoms with E-state index >= 15 is 0 Å². The molecule has 0 saturated carbocycles. The molecule has 4 unspecified atom stereocenters. The van der Waals surface area contributed by atoms with Gasteiger partial charge in [0.25, 0.3) is 0 Å². The highest BCUT2D eigenvalue weighted by Crippen LogP contribution is 2.46. The highest BCUT2D eigenvalue weighted by molar-refractivity contribution is 5.77. The second kappa shape index (κ2) is 16.9. The predicted molar refractivity (Wildman–Crippen MR) is 180 cm³/mol. The first-order valence-electron chi connectivity index (χ1n) is 17.6. The van der Waals surface area contributed by atoms with Gasteiger partial charge in [0.15, 0.2) is 0 Å². The van der Waals surface area contributed by atoms with Gasteiger partial charge in [0, 0.05) is 51.4 Å². The van der Waals surface area contributed by atoms with Crippen LogP contribution in [-0.2, 0) is 32.2 Å². The standard InChI is InChI=1S/C38H54N2O8.2BrH/c1-39(23-25-17-31(43-3)11-13-35(25)45-5)27-7-8-28(39)20-33(19-27)47-37(41)15-16-38(42)48-34-21-29-9-10-30(22-34)40(29,2)24-26-18-32(44-4)12-14-36(26)46-6;;/h11-14,17-18,27-30,33-34H,7-10,15-16,19-24H2,1-6H3;2*1H/q+2;;/p-2. The number of halogens is 2. The number of benzene rings is 2. The predicted octanol–water partition coefficient (Wildman–Crippen LogP) is -0.424. The van der Waals surface area contributed by atoms with Crippen LogP contribution >= 0.6 is 0 Å². The summed E-state index contributed by atoms with van der Waals surface area (Å²) in [6.07, 6.45) is 7.67. The summed E-state index contributed by atoms with van der Waals surface area (Å²) in [5.41, 5.74) is 2.27. The summed E-state index contributed by atoms with van der Waals surface area (Å²) in [4.78, 5) is 25.9. The third-order valence-electron chi connectivity index (χ3n) is 12.3. The molecule has 4 fully saturated rings. The lowest BCUT2D eigenvalue weighted by Gasteiger charge is -2.47. The Bertz CT molecular complexity index is 1350. The van der Waals surface area contributed by atoms with Crippen molar-refractivity contribution in [1.82, 2.24) is 0 Å². The minimum absolute atomic E-state index is 0. The third-order valence-corrected chi connectivity index (χ3v) is 12.3. The lowest BCUT2D eigenvalue weighted by atomic mass is 9.95. The largest absolute Gasteiger partial charge is 1.00 e. The Balaban J connectivity index is 0.00000281. The Hall–Kier alpha value is -2.54. The molecule has 2 aromatic carbocycles. The number of fused-ring (bicyclic) bond motifs is 4. The van der Waals surface area contributed by atoms with Gasteiger partial charge < -0.3 is 71.4 Å². The first-order chi connectivity index (χ1) is 23.1. The molecule has 2 aromatic rings. The highest BCUT2D eigenvalue weighted by Gasteiger charge is 2.54. The van der Waals surface area contributed by atoms with Crippen LogP contribution in [0, 0.1) is 0 Å². The zero-order valence-electron chi connectivity index (χ0n) is 30.3. The summed E-state index contributed by atoms with van der Waals surface area (Å²) in [5.74, 6) is 2.79. The van der Waals surface area contributed by atoms with Gasteiger partial charge in [0.2, 0.25) is 0 Å². The molecular formula is C38H54Br2N2O8. The fourth-order valence-corrected chi connectivity index (χ4v) is 9.53. The summed E-state index contributed by atoms with van der Waals surface area (Å²) in [6, 6.07) is 13.5. The van der Waals surface area contributed by atoms with Gasteiger partial charge in [0.1, 0.15) is 48.3 Å². The van der Waals surface area contributed by atoms with Crippen molar-refractivity contribution in [3.05, 3.63) is 47.5 Å². The average molecular weight is 827 g/mol. The van der Waals surface area contributed by atoms with Gasteiger partial charge >= 0.3 is 11.9 Å². The molecule has 4 aliphatic heterocycles. The topological polar surface area (TPSA) is 89.5 Å². The van der Waals surface area contributed by atoms with Crippen LogP contribution in [0.4, 0.5) is 0 Å². The van der Waals surface area contributed by atoms with Gasteiger partial charge in [-0.1, -0.05) is 0 Å². The Morgan fingerprint density at radius 1 is 0.580 bits per heavy atom. The Labute approximate surface area is 318 Å². The molecule has 0 amide bonds. The van der Waals surface area contributed by atoms with Gasteiger partial charge in [-0.25, -0.2) is 0 Å². The zero-order chi connectivity index (χ0) is 34.1. The summed E-state index contributed by atoms with van der Waals surface area (Å²) in [6.45, 7) is 1.69. The summed E-state index contributed by atoms with van der Waals surface area (Å²) >= 11 is 0. The van der Waals surface area contributed by atoms with E-state index in [0.717, 1.165) is 108 Å². The van der Waals surface area contributed by atoms with E-state index in [4.69, 9.17) is 28.4 Å². The Morgan fingerprint density at radius 3 is 1.22 bits per heavy atom. The van der Waals surface area contributed by atoms with Crippen molar-refractivity contribution in [1.29, 1.82) is 0 Å². The zero-order valence-corrected chi connectivity index (χ0v) is 33.5. The van der Waals surface area contributed by atoms with Gasteiger partial charge in [-0.2, -0.15) is 0 Å². The number of ether oxygens (including phenoxy) is 6. The smallest absolute Gasteiger partial charge is 0.306 e. The summed E-state index contributed by atoms with van der Waals surface area (Å²) in [5, 5.41) is 0. The number of carbonyl (C=O) groups excluding carboxylic acids is 2. The number of nitrogens with zero attached hydrogens (tertiary/aromatic N) is 2. The number of hydrogen-bond acceptors (Lipinski definition) is 8. The normalized spacial score (nSPS) is 30.7. The molecule has 12 heteroatoms. The van der Waals surface area contributed by atoms with Crippen molar-refractivity contribution in [3.8, 4) is 23.0 Å². The van der Waals surface area contributed by atoms with Crippen LogP contribution in [0.3, 0.4) is 0 Å². The quantitative estimate of drug-likeness (QED) is 0.199. The Kier molecular flexibility index (Phi) is 13.6. The number of carbonyl (C=O) groups is 2. The molecule has 10 nitrogen and oxygen atoms in total. The molecule has 0 aliphatic carbocycles. The van der Waals surface area contributed by atoms with Crippen LogP contribution in [0.1, 0.15) is 75.3 Å². The van der Waals surface area contributed by atoms with Crippen molar-refractivity contribution in [3.63, 3.8) is 0 Å². The number of quaternary nitrogens is 2. The van der Waals surface area contributed by atoms with Gasteiger partial charge in [-0.05, 0) is 36.4 Å². The number of esters is 2. The van der Waals surface area contributed by atoms with E-state index < -0.39 is 0 Å². The van der Waals surface area contributed by atoms with Crippen LogP contribution in [0.25, 0.3) is 0 Å². The lowest BCUT2D eigenvalue weighted by molar-refractivity contribution is -0.961. The summed E-state index contributed by atoms with van der Waals surface area (Å²) < 4.78 is 36.1. The maximum Gasteiger partial charge on any atom is 0.306 e. The molecule has 0 aromatic heterocycles. The molecule has 4 bridgehead atoms. The van der Waals surface area contributed by atoms with E-state index in [1.807, 2.05) is 24.3 Å². The van der Waals surface area contributed by atoms with Crippen LogP contribution < -0.4 is 52.9 Å². The molecule has 4 saturated heterocycles. The van der Waals surface area contributed by atoms with Crippen LogP contribution in [0.5, 0.6) is 23.0 Å². The van der Waals surface area contributed by atoms with E-state index in [2.05, 4.69) is 26.2 Å². The molecule has 4 atom stereocenters. The monoisotopic (exact) mass is 824 g/mol. The minimum Gasteiger partial charge on any atom is -1.00 e. The van der Waals surface area contributed by atoms with Gasteiger partial charge in [-0.15, -0.1) is 0 Å². The molecule has 0 N–H and O–H groups in total. The van der Waals surface area contributed by atoms with E-state index in [0.29, 0.717) is 24.2 Å². The number of hydrogen-bond donors (Lipinski definition) is 0. The van der Waals surface area contributed by atoms with Gasteiger partial charge in [0.05, 0.1) is 90.7 Å². The van der Waals surface area contributed by atoms with Gasteiger partial charge in [-0.3, -0.25) is 9.59 Å². The summed E-state index contributed by atoms with van der Waals surface area (Å²) in [7, 11) is 11.4. The van der Waals surface area contributed by atoms with Crippen molar-refractivity contribution < 1.29 is 80.9 Å². The molecule has 0 radical (unpaired) electrons. The van der Waals surface area contributed by atoms with Crippen molar-refractivity contribution >= 4 is 11.9 Å². The lowest BCUT2D eigenvalue weighted by Crippen LogP contribution is -3.00.